The summed E-state index contributed by atoms with van der Waals surface area (Å²) in [4.78, 5) is 24.9. The predicted octanol–water partition coefficient (Wildman–Crippen LogP) is 3.42. The minimum absolute atomic E-state index is 0.0125. The van der Waals surface area contributed by atoms with Crippen molar-refractivity contribution >= 4 is 23.2 Å². The number of anilines is 2. The van der Waals surface area contributed by atoms with Crippen molar-refractivity contribution in [3.8, 4) is 5.69 Å². The summed E-state index contributed by atoms with van der Waals surface area (Å²) in [5, 5.41) is 13.7. The quantitative estimate of drug-likeness (QED) is 0.715. The van der Waals surface area contributed by atoms with Crippen molar-refractivity contribution < 1.29 is 9.59 Å². The molecule has 1 aliphatic rings. The normalized spacial score (nSPS) is 17.8. The highest BCUT2D eigenvalue weighted by atomic mass is 16.2. The number of aryl methyl sites for hydroxylation is 1. The van der Waals surface area contributed by atoms with E-state index in [9.17, 15) is 9.59 Å². The van der Waals surface area contributed by atoms with Crippen LogP contribution in [0.25, 0.3) is 5.69 Å². The van der Waals surface area contributed by atoms with E-state index >= 15 is 0 Å². The number of aromatic nitrogens is 3. The Morgan fingerprint density at radius 1 is 1.11 bits per heavy atom. The van der Waals surface area contributed by atoms with E-state index in [0.29, 0.717) is 22.9 Å². The molecule has 1 aromatic heterocycles. The van der Waals surface area contributed by atoms with Gasteiger partial charge in [-0.05, 0) is 49.6 Å². The molecule has 0 unspecified atom stereocenters. The van der Waals surface area contributed by atoms with Crippen LogP contribution < -0.4 is 10.6 Å². The molecular weight excluding hydrogens is 354 g/mol. The third-order valence-corrected chi connectivity index (χ3v) is 4.97. The maximum absolute atomic E-state index is 12.8. The molecule has 1 heterocycles. The van der Waals surface area contributed by atoms with Crippen LogP contribution >= 0.6 is 0 Å². The van der Waals surface area contributed by atoms with Gasteiger partial charge < -0.3 is 10.6 Å². The minimum atomic E-state index is -0.255. The Bertz CT molecular complexity index is 1040. The molecule has 0 bridgehead atoms. The van der Waals surface area contributed by atoms with E-state index in [-0.39, 0.29) is 17.7 Å². The van der Waals surface area contributed by atoms with Crippen molar-refractivity contribution in [3.05, 3.63) is 66.2 Å². The predicted molar refractivity (Wildman–Crippen MR) is 106 cm³/mol. The molecule has 3 aromatic rings. The molecule has 1 saturated carbocycles. The zero-order chi connectivity index (χ0) is 19.7. The van der Waals surface area contributed by atoms with Crippen molar-refractivity contribution in [2.45, 2.75) is 20.3 Å². The van der Waals surface area contributed by atoms with Crippen molar-refractivity contribution in [2.75, 3.05) is 10.6 Å². The van der Waals surface area contributed by atoms with Crippen LogP contribution in [0.15, 0.2) is 54.9 Å². The molecule has 28 heavy (non-hydrogen) atoms. The molecule has 7 heteroatoms. The number of nitrogens with one attached hydrogen (secondary N) is 2. The van der Waals surface area contributed by atoms with E-state index in [1.54, 1.807) is 30.6 Å². The number of carbonyl (C=O) groups excluding carboxylic acids is 2. The Kier molecular flexibility index (Phi) is 4.65. The Labute approximate surface area is 162 Å². The van der Waals surface area contributed by atoms with Crippen molar-refractivity contribution in [1.29, 1.82) is 0 Å². The lowest BCUT2D eigenvalue weighted by Crippen LogP contribution is -2.16. The monoisotopic (exact) mass is 375 g/mol. The summed E-state index contributed by atoms with van der Waals surface area (Å²) in [6.07, 6.45) is 2.53. The van der Waals surface area contributed by atoms with Gasteiger partial charge in [-0.25, -0.2) is 0 Å². The number of hydrogen-bond acceptors (Lipinski definition) is 4. The van der Waals surface area contributed by atoms with Gasteiger partial charge in [0.1, 0.15) is 12.2 Å². The maximum atomic E-state index is 12.8. The number of rotatable bonds is 5. The first kappa shape index (κ1) is 17.9. The first-order chi connectivity index (χ1) is 13.5. The van der Waals surface area contributed by atoms with E-state index in [4.69, 9.17) is 0 Å². The zero-order valence-corrected chi connectivity index (χ0v) is 15.7. The van der Waals surface area contributed by atoms with E-state index in [1.807, 2.05) is 35.8 Å². The standard InChI is InChI=1S/C21H21N5O2/c1-13-10-17(13)21(28)23-16-7-5-6-15(11-16)20(27)24-18-8-3-4-9-19(18)26-12-22-25-14(26)2/h3-9,11-13,17H,10H2,1-2H3,(H,23,28)(H,24,27)/t13-,17+/m0/s1. The Hall–Kier alpha value is -3.48. The molecule has 142 valence electrons. The second-order valence-corrected chi connectivity index (χ2v) is 7.11. The SMILES string of the molecule is Cc1nncn1-c1ccccc1NC(=O)c1cccc(NC(=O)[C@@H]2C[C@@H]2C)c1. The van der Waals surface area contributed by atoms with Gasteiger partial charge in [-0.2, -0.15) is 0 Å². The van der Waals surface area contributed by atoms with Crippen molar-refractivity contribution in [2.24, 2.45) is 11.8 Å². The van der Waals surface area contributed by atoms with Crippen LogP contribution in [0.5, 0.6) is 0 Å². The summed E-state index contributed by atoms with van der Waals surface area (Å²) in [7, 11) is 0. The smallest absolute Gasteiger partial charge is 0.255 e. The van der Waals surface area contributed by atoms with Gasteiger partial charge >= 0.3 is 0 Å². The third-order valence-electron chi connectivity index (χ3n) is 4.97. The summed E-state index contributed by atoms with van der Waals surface area (Å²) in [6.45, 7) is 3.90. The molecule has 4 rings (SSSR count). The van der Waals surface area contributed by atoms with Crippen LogP contribution in [-0.4, -0.2) is 26.6 Å². The van der Waals surface area contributed by atoms with E-state index in [0.717, 1.165) is 17.9 Å². The number of amides is 2. The fourth-order valence-corrected chi connectivity index (χ4v) is 3.17. The van der Waals surface area contributed by atoms with Crippen LogP contribution in [0.2, 0.25) is 0 Å². The van der Waals surface area contributed by atoms with Crippen LogP contribution in [-0.2, 0) is 4.79 Å². The average molecular weight is 375 g/mol. The Morgan fingerprint density at radius 3 is 2.61 bits per heavy atom. The second kappa shape index (κ2) is 7.26. The van der Waals surface area contributed by atoms with Gasteiger partial charge in [0.15, 0.2) is 0 Å². The van der Waals surface area contributed by atoms with Crippen LogP contribution in [0.1, 0.15) is 29.5 Å². The fraction of sp³-hybridized carbons (Fsp3) is 0.238. The molecule has 7 nitrogen and oxygen atoms in total. The van der Waals surface area contributed by atoms with Crippen LogP contribution in [0, 0.1) is 18.8 Å². The first-order valence-electron chi connectivity index (χ1n) is 9.21. The number of carbonyl (C=O) groups is 2. The molecule has 0 radical (unpaired) electrons. The Morgan fingerprint density at radius 2 is 1.89 bits per heavy atom. The molecule has 2 aromatic carbocycles. The summed E-state index contributed by atoms with van der Waals surface area (Å²) in [6, 6.07) is 14.4. The van der Waals surface area contributed by atoms with Crippen LogP contribution in [0.3, 0.4) is 0 Å². The number of para-hydroxylation sites is 2. The molecule has 1 fully saturated rings. The summed E-state index contributed by atoms with van der Waals surface area (Å²) < 4.78 is 1.81. The topological polar surface area (TPSA) is 88.9 Å². The molecule has 2 amide bonds. The molecule has 2 N–H and O–H groups in total. The largest absolute Gasteiger partial charge is 0.326 e. The number of nitrogens with zero attached hydrogens (tertiary/aromatic N) is 3. The highest BCUT2D eigenvalue weighted by molar-refractivity contribution is 6.06. The van der Waals surface area contributed by atoms with Gasteiger partial charge in [-0.15, -0.1) is 10.2 Å². The first-order valence-corrected chi connectivity index (χ1v) is 9.21. The van der Waals surface area contributed by atoms with Crippen molar-refractivity contribution in [3.63, 3.8) is 0 Å². The number of benzene rings is 2. The summed E-state index contributed by atoms with van der Waals surface area (Å²) in [5.74, 6) is 0.994. The maximum Gasteiger partial charge on any atom is 0.255 e. The van der Waals surface area contributed by atoms with Gasteiger partial charge in [0.05, 0.1) is 11.4 Å². The lowest BCUT2D eigenvalue weighted by molar-refractivity contribution is -0.117. The third kappa shape index (κ3) is 3.64. The van der Waals surface area contributed by atoms with E-state index in [2.05, 4.69) is 27.8 Å². The molecule has 0 aliphatic heterocycles. The highest BCUT2D eigenvalue weighted by Crippen LogP contribution is 2.38. The molecular formula is C21H21N5O2. The fourth-order valence-electron chi connectivity index (χ4n) is 3.17. The second-order valence-electron chi connectivity index (χ2n) is 7.11. The van der Waals surface area contributed by atoms with E-state index in [1.165, 1.54) is 0 Å². The number of hydrogen-bond donors (Lipinski definition) is 2. The van der Waals surface area contributed by atoms with Gasteiger partial charge in [0, 0.05) is 17.2 Å². The lowest BCUT2D eigenvalue weighted by Gasteiger charge is -2.13. The lowest BCUT2D eigenvalue weighted by atomic mass is 10.1. The highest BCUT2D eigenvalue weighted by Gasteiger charge is 2.39. The molecule has 2 atom stereocenters. The molecule has 0 spiro atoms. The van der Waals surface area contributed by atoms with E-state index < -0.39 is 0 Å². The summed E-state index contributed by atoms with van der Waals surface area (Å²) in [5.41, 5.74) is 2.53. The van der Waals surface area contributed by atoms with Gasteiger partial charge in [0.25, 0.3) is 5.91 Å². The zero-order valence-electron chi connectivity index (χ0n) is 15.7. The average Bonchev–Trinajstić information content (AvgIpc) is 3.28. The minimum Gasteiger partial charge on any atom is -0.326 e. The Balaban J connectivity index is 1.53. The molecule has 1 aliphatic carbocycles. The van der Waals surface area contributed by atoms with Gasteiger partial charge in [0.2, 0.25) is 5.91 Å². The van der Waals surface area contributed by atoms with Crippen molar-refractivity contribution in [1.82, 2.24) is 14.8 Å². The summed E-state index contributed by atoms with van der Waals surface area (Å²) >= 11 is 0. The molecule has 0 saturated heterocycles. The van der Waals surface area contributed by atoms with Gasteiger partial charge in [-0.3, -0.25) is 14.2 Å². The van der Waals surface area contributed by atoms with Crippen LogP contribution in [0.4, 0.5) is 11.4 Å². The van der Waals surface area contributed by atoms with Gasteiger partial charge in [-0.1, -0.05) is 25.1 Å².